The molecule has 0 amide bonds. The molecule has 2 nitrogen and oxygen atoms in total. The van der Waals surface area contributed by atoms with Crippen LogP contribution in [0.1, 0.15) is 33.1 Å². The molecule has 0 saturated carbocycles. The Morgan fingerprint density at radius 1 is 1.38 bits per heavy atom. The molecule has 0 bridgehead atoms. The molecule has 1 aromatic rings. The second-order valence-electron chi connectivity index (χ2n) is 4.50. The van der Waals surface area contributed by atoms with E-state index in [1.807, 2.05) is 0 Å². The molecule has 0 radical (unpaired) electrons. The Morgan fingerprint density at radius 2 is 2.00 bits per heavy atom. The van der Waals surface area contributed by atoms with E-state index in [0.29, 0.717) is 22.4 Å². The van der Waals surface area contributed by atoms with Crippen molar-refractivity contribution in [2.45, 2.75) is 45.2 Å². The maximum atomic E-state index is 13.8. The molecule has 2 rings (SSSR count). The number of hydrogen-bond donors (Lipinski definition) is 0. The molecule has 0 aromatic carbocycles. The fraction of sp³-hybridized carbons (Fsp3) is 0.583. The quantitative estimate of drug-likeness (QED) is 0.782. The highest BCUT2D eigenvalue weighted by Gasteiger charge is 2.27. The van der Waals surface area contributed by atoms with Crippen molar-refractivity contribution < 1.29 is 4.39 Å². The topological polar surface area (TPSA) is 16.1 Å². The summed E-state index contributed by atoms with van der Waals surface area (Å²) in [7, 11) is 0. The van der Waals surface area contributed by atoms with Gasteiger partial charge in [-0.1, -0.05) is 0 Å². The first-order chi connectivity index (χ1) is 7.59. The van der Waals surface area contributed by atoms with Crippen LogP contribution in [-0.4, -0.2) is 17.1 Å². The first-order valence-electron chi connectivity index (χ1n) is 5.69. The third-order valence-electron chi connectivity index (χ3n) is 3.23. The highest BCUT2D eigenvalue weighted by molar-refractivity contribution is 9.10. The SMILES string of the molecule is CC1CCCC(C)N1c1ncc(Br)cc1F. The normalized spacial score (nSPS) is 25.9. The molecule has 2 heterocycles. The number of halogens is 2. The first-order valence-corrected chi connectivity index (χ1v) is 6.48. The second-order valence-corrected chi connectivity index (χ2v) is 5.41. The average Bonchev–Trinajstić information content (AvgIpc) is 2.20. The molecule has 1 saturated heterocycles. The average molecular weight is 287 g/mol. The van der Waals surface area contributed by atoms with Crippen molar-refractivity contribution >= 4 is 21.7 Å². The summed E-state index contributed by atoms with van der Waals surface area (Å²) in [6.07, 6.45) is 5.10. The molecule has 88 valence electrons. The maximum Gasteiger partial charge on any atom is 0.166 e. The van der Waals surface area contributed by atoms with Gasteiger partial charge in [-0.2, -0.15) is 0 Å². The van der Waals surface area contributed by atoms with E-state index < -0.39 is 0 Å². The largest absolute Gasteiger partial charge is 0.349 e. The van der Waals surface area contributed by atoms with E-state index in [9.17, 15) is 4.39 Å². The van der Waals surface area contributed by atoms with Crippen LogP contribution in [0.3, 0.4) is 0 Å². The van der Waals surface area contributed by atoms with Gasteiger partial charge >= 0.3 is 0 Å². The summed E-state index contributed by atoms with van der Waals surface area (Å²) < 4.78 is 14.5. The van der Waals surface area contributed by atoms with E-state index in [1.165, 1.54) is 12.5 Å². The number of piperidine rings is 1. The Balaban J connectivity index is 2.34. The van der Waals surface area contributed by atoms with Gasteiger partial charge in [0.25, 0.3) is 0 Å². The predicted octanol–water partition coefficient (Wildman–Crippen LogP) is 3.75. The molecular formula is C12H16BrFN2. The van der Waals surface area contributed by atoms with Crippen molar-refractivity contribution in [3.8, 4) is 0 Å². The molecule has 0 N–H and O–H groups in total. The highest BCUT2D eigenvalue weighted by Crippen LogP contribution is 2.30. The van der Waals surface area contributed by atoms with E-state index in [2.05, 4.69) is 39.7 Å². The molecule has 1 aromatic heterocycles. The number of rotatable bonds is 1. The lowest BCUT2D eigenvalue weighted by Gasteiger charge is -2.40. The van der Waals surface area contributed by atoms with Gasteiger partial charge in [0, 0.05) is 22.8 Å². The van der Waals surface area contributed by atoms with Gasteiger partial charge < -0.3 is 4.90 Å². The molecule has 0 spiro atoms. The fourth-order valence-electron chi connectivity index (χ4n) is 2.44. The lowest BCUT2D eigenvalue weighted by Crippen LogP contribution is -2.44. The van der Waals surface area contributed by atoms with Gasteiger partial charge in [-0.15, -0.1) is 0 Å². The molecule has 4 heteroatoms. The number of pyridine rings is 1. The summed E-state index contributed by atoms with van der Waals surface area (Å²) in [5, 5.41) is 0. The summed E-state index contributed by atoms with van der Waals surface area (Å²) in [5.74, 6) is 0.248. The van der Waals surface area contributed by atoms with Gasteiger partial charge in [-0.05, 0) is 55.1 Å². The van der Waals surface area contributed by atoms with E-state index in [-0.39, 0.29) is 5.82 Å². The monoisotopic (exact) mass is 286 g/mol. The highest BCUT2D eigenvalue weighted by atomic mass is 79.9. The Kier molecular flexibility index (Phi) is 3.47. The molecule has 2 atom stereocenters. The van der Waals surface area contributed by atoms with Crippen molar-refractivity contribution in [1.82, 2.24) is 4.98 Å². The summed E-state index contributed by atoms with van der Waals surface area (Å²) in [5.41, 5.74) is 0. The van der Waals surface area contributed by atoms with Gasteiger partial charge in [0.1, 0.15) is 0 Å². The zero-order valence-electron chi connectivity index (χ0n) is 9.58. The number of nitrogens with zero attached hydrogens (tertiary/aromatic N) is 2. The summed E-state index contributed by atoms with van der Waals surface area (Å²) in [6, 6.07) is 2.22. The van der Waals surface area contributed by atoms with Gasteiger partial charge in [0.05, 0.1) is 0 Å². The number of aromatic nitrogens is 1. The standard InChI is InChI=1S/C12H16BrFN2/c1-8-4-3-5-9(2)16(8)12-11(14)6-10(13)7-15-12/h6-9H,3-5H2,1-2H3. The first kappa shape index (κ1) is 11.8. The number of hydrogen-bond acceptors (Lipinski definition) is 2. The third-order valence-corrected chi connectivity index (χ3v) is 3.66. The Hall–Kier alpha value is -0.640. The van der Waals surface area contributed by atoms with Crippen LogP contribution in [0.4, 0.5) is 10.2 Å². The Labute approximate surface area is 104 Å². The molecule has 2 unspecified atom stereocenters. The van der Waals surface area contributed by atoms with Gasteiger partial charge in [-0.3, -0.25) is 0 Å². The summed E-state index contributed by atoms with van der Waals surface area (Å²) in [6.45, 7) is 4.28. The number of anilines is 1. The van der Waals surface area contributed by atoms with Crippen LogP contribution >= 0.6 is 15.9 Å². The minimum absolute atomic E-state index is 0.241. The van der Waals surface area contributed by atoms with Crippen molar-refractivity contribution in [3.05, 3.63) is 22.6 Å². The predicted molar refractivity (Wildman–Crippen MR) is 67.1 cm³/mol. The van der Waals surface area contributed by atoms with Gasteiger partial charge in [-0.25, -0.2) is 9.37 Å². The minimum atomic E-state index is -0.241. The van der Waals surface area contributed by atoms with Crippen LogP contribution in [0, 0.1) is 5.82 Å². The van der Waals surface area contributed by atoms with E-state index in [4.69, 9.17) is 0 Å². The Bertz CT molecular complexity index is 373. The van der Waals surface area contributed by atoms with Crippen molar-refractivity contribution in [1.29, 1.82) is 0 Å². The fourth-order valence-corrected chi connectivity index (χ4v) is 2.74. The van der Waals surface area contributed by atoms with Crippen LogP contribution in [0.5, 0.6) is 0 Å². The molecule has 1 aliphatic rings. The smallest absolute Gasteiger partial charge is 0.166 e. The zero-order chi connectivity index (χ0) is 11.7. The lowest BCUT2D eigenvalue weighted by atomic mass is 9.97. The van der Waals surface area contributed by atoms with Crippen molar-refractivity contribution in [2.24, 2.45) is 0 Å². The minimum Gasteiger partial charge on any atom is -0.349 e. The molecule has 16 heavy (non-hydrogen) atoms. The van der Waals surface area contributed by atoms with Crippen molar-refractivity contribution in [2.75, 3.05) is 4.90 Å². The van der Waals surface area contributed by atoms with Gasteiger partial charge in [0.15, 0.2) is 11.6 Å². The van der Waals surface area contributed by atoms with Crippen LogP contribution in [0.25, 0.3) is 0 Å². The molecule has 0 aliphatic carbocycles. The molecule has 1 aliphatic heterocycles. The van der Waals surface area contributed by atoms with Crippen LogP contribution in [0.15, 0.2) is 16.7 Å². The van der Waals surface area contributed by atoms with Gasteiger partial charge in [0.2, 0.25) is 0 Å². The lowest BCUT2D eigenvalue weighted by molar-refractivity contribution is 0.404. The van der Waals surface area contributed by atoms with E-state index >= 15 is 0 Å². The molecular weight excluding hydrogens is 271 g/mol. The van der Waals surface area contributed by atoms with Crippen LogP contribution in [0.2, 0.25) is 0 Å². The van der Waals surface area contributed by atoms with Crippen LogP contribution in [-0.2, 0) is 0 Å². The summed E-state index contributed by atoms with van der Waals surface area (Å²) in [4.78, 5) is 6.31. The third kappa shape index (κ3) is 2.21. The van der Waals surface area contributed by atoms with Crippen LogP contribution < -0.4 is 4.90 Å². The van der Waals surface area contributed by atoms with Crippen molar-refractivity contribution in [3.63, 3.8) is 0 Å². The second kappa shape index (κ2) is 4.70. The van der Waals surface area contributed by atoms with E-state index in [1.54, 1.807) is 6.20 Å². The van der Waals surface area contributed by atoms with E-state index in [0.717, 1.165) is 12.8 Å². The molecule has 1 fully saturated rings. The zero-order valence-corrected chi connectivity index (χ0v) is 11.2. The maximum absolute atomic E-state index is 13.8. The Morgan fingerprint density at radius 3 is 2.56 bits per heavy atom. The summed E-state index contributed by atoms with van der Waals surface area (Å²) >= 11 is 3.23.